The number of hydrogen-bond acceptors (Lipinski definition) is 3. The number of rotatable bonds is 38. The third kappa shape index (κ3) is 37.5. The van der Waals surface area contributed by atoms with Gasteiger partial charge in [-0.2, -0.15) is 0 Å². The van der Waals surface area contributed by atoms with Gasteiger partial charge < -0.3 is 14.2 Å². The minimum atomic E-state index is -0.204. The second-order valence-electron chi connectivity index (χ2n) is 13.0. The zero-order chi connectivity index (χ0) is 32.7. The Hall–Kier alpha value is 0.820. The zero-order valence-corrected chi connectivity index (χ0v) is 34.4. The van der Waals surface area contributed by atoms with E-state index >= 15 is 0 Å². The Morgan fingerprint density at radius 2 is 0.600 bits per heavy atom. The van der Waals surface area contributed by atoms with Crippen LogP contribution in [0.25, 0.3) is 0 Å². The second kappa shape index (κ2) is 41.0. The lowest BCUT2D eigenvalue weighted by Crippen LogP contribution is -2.25. The van der Waals surface area contributed by atoms with Crippen LogP contribution in [0.3, 0.4) is 0 Å². The molecular weight excluding hydrogens is 782 g/mol. The van der Waals surface area contributed by atoms with Crippen LogP contribution in [0.5, 0.6) is 0 Å². The van der Waals surface area contributed by atoms with Crippen LogP contribution in [0.15, 0.2) is 24.3 Å². The van der Waals surface area contributed by atoms with Crippen LogP contribution in [0, 0.1) is 0 Å². The Balaban J connectivity index is 3.60. The van der Waals surface area contributed by atoms with Gasteiger partial charge in [0, 0.05) is 27.1 Å². The highest BCUT2D eigenvalue weighted by Gasteiger charge is 2.14. The van der Waals surface area contributed by atoms with Gasteiger partial charge in [0.05, 0.1) is 0 Å². The van der Waals surface area contributed by atoms with Gasteiger partial charge in [0.15, 0.2) is 12.6 Å². The maximum Gasteiger partial charge on any atom is 0.160 e. The van der Waals surface area contributed by atoms with Gasteiger partial charge >= 0.3 is 0 Å². The summed E-state index contributed by atoms with van der Waals surface area (Å²) in [6, 6.07) is 0. The van der Waals surface area contributed by atoms with E-state index < -0.39 is 0 Å². The quantitative estimate of drug-likeness (QED) is 0.0204. The predicted octanol–water partition coefficient (Wildman–Crippen LogP) is 14.6. The lowest BCUT2D eigenvalue weighted by molar-refractivity contribution is -0.232. The molecule has 0 saturated heterocycles. The molecule has 0 radical (unpaired) electrons. The summed E-state index contributed by atoms with van der Waals surface area (Å²) < 4.78 is 19.9. The number of allylic oxidation sites excluding steroid dienone is 4. The first-order chi connectivity index (χ1) is 22.3. The molecule has 0 heterocycles. The molecular formula is C40H76I2O3. The summed E-state index contributed by atoms with van der Waals surface area (Å²) in [6.07, 6.45) is 49.0. The van der Waals surface area contributed by atoms with Crippen LogP contribution in [-0.4, -0.2) is 35.7 Å². The number of halogens is 2. The third-order valence-electron chi connectivity index (χ3n) is 8.81. The van der Waals surface area contributed by atoms with Gasteiger partial charge in [-0.3, -0.25) is 0 Å². The van der Waals surface area contributed by atoms with E-state index in [1.807, 2.05) is 0 Å². The Labute approximate surface area is 309 Å². The average Bonchev–Trinajstić information content (AvgIpc) is 3.06. The molecule has 0 aromatic carbocycles. The summed E-state index contributed by atoms with van der Waals surface area (Å²) in [5, 5.41) is 0. The fourth-order valence-corrected chi connectivity index (χ4v) is 6.92. The Bertz CT molecular complexity index is 548. The van der Waals surface area contributed by atoms with Crippen LogP contribution in [0.1, 0.15) is 193 Å². The van der Waals surface area contributed by atoms with E-state index in [1.165, 1.54) is 176 Å². The van der Waals surface area contributed by atoms with E-state index in [0.29, 0.717) is 0 Å². The molecule has 3 nitrogen and oxygen atoms in total. The van der Waals surface area contributed by atoms with Crippen molar-refractivity contribution < 1.29 is 14.2 Å². The summed E-state index contributed by atoms with van der Waals surface area (Å²) in [7, 11) is 3.48. The maximum absolute atomic E-state index is 6.09. The van der Waals surface area contributed by atoms with Crippen molar-refractivity contribution in [1.29, 1.82) is 0 Å². The van der Waals surface area contributed by atoms with Crippen molar-refractivity contribution in [2.75, 3.05) is 23.1 Å². The first-order valence-electron chi connectivity index (χ1n) is 19.4. The molecule has 0 N–H and O–H groups in total. The molecule has 2 atom stereocenters. The molecule has 0 aliphatic rings. The van der Waals surface area contributed by atoms with Gasteiger partial charge in [0.1, 0.15) is 0 Å². The van der Waals surface area contributed by atoms with Gasteiger partial charge in [-0.25, -0.2) is 0 Å². The van der Waals surface area contributed by atoms with Crippen LogP contribution in [-0.2, 0) is 14.2 Å². The zero-order valence-electron chi connectivity index (χ0n) is 30.1. The van der Waals surface area contributed by atoms with Crippen LogP contribution < -0.4 is 0 Å². The molecule has 0 saturated carbocycles. The van der Waals surface area contributed by atoms with Gasteiger partial charge in [0.25, 0.3) is 0 Å². The smallest absolute Gasteiger partial charge is 0.160 e. The van der Waals surface area contributed by atoms with Crippen molar-refractivity contribution in [2.24, 2.45) is 0 Å². The van der Waals surface area contributed by atoms with E-state index in [9.17, 15) is 0 Å². The Morgan fingerprint density at radius 1 is 0.356 bits per heavy atom. The average molecular weight is 859 g/mol. The molecule has 0 rings (SSSR count). The fraction of sp³-hybridized carbons (Fsp3) is 0.900. The molecule has 5 heteroatoms. The molecule has 268 valence electrons. The summed E-state index contributed by atoms with van der Waals surface area (Å²) in [5.41, 5.74) is 0. The number of ether oxygens (including phenoxy) is 3. The lowest BCUT2D eigenvalue weighted by Gasteiger charge is -2.22. The van der Waals surface area contributed by atoms with Crippen molar-refractivity contribution in [3.63, 3.8) is 0 Å². The van der Waals surface area contributed by atoms with Crippen LogP contribution >= 0.6 is 45.2 Å². The topological polar surface area (TPSA) is 27.7 Å². The molecule has 0 spiro atoms. The summed E-state index contributed by atoms with van der Waals surface area (Å²) in [4.78, 5) is 0. The molecule has 0 aromatic heterocycles. The third-order valence-corrected chi connectivity index (χ3v) is 10.3. The van der Waals surface area contributed by atoms with Crippen molar-refractivity contribution in [1.82, 2.24) is 0 Å². The predicted molar refractivity (Wildman–Crippen MR) is 217 cm³/mol. The second-order valence-corrected chi connectivity index (χ2v) is 15.2. The van der Waals surface area contributed by atoms with Gasteiger partial charge in [0.2, 0.25) is 0 Å². The number of unbranched alkanes of at least 4 members (excludes halogenated alkanes) is 24. The molecule has 0 fully saturated rings. The van der Waals surface area contributed by atoms with E-state index in [1.54, 1.807) is 14.2 Å². The summed E-state index contributed by atoms with van der Waals surface area (Å²) >= 11 is 4.98. The molecule has 45 heavy (non-hydrogen) atoms. The molecule has 0 aliphatic heterocycles. The van der Waals surface area contributed by atoms with Gasteiger partial charge in [-0.15, -0.1) is 0 Å². The Morgan fingerprint density at radius 3 is 0.867 bits per heavy atom. The van der Waals surface area contributed by atoms with E-state index in [0.717, 1.165) is 25.7 Å². The molecule has 0 bridgehead atoms. The lowest BCUT2D eigenvalue weighted by atomic mass is 10.0. The Kier molecular flexibility index (Phi) is 41.7. The van der Waals surface area contributed by atoms with E-state index in [2.05, 4.69) is 69.5 Å². The summed E-state index contributed by atoms with van der Waals surface area (Å²) in [5.74, 6) is 0. The van der Waals surface area contributed by atoms with E-state index in [-0.39, 0.29) is 12.6 Å². The minimum Gasteiger partial charge on any atom is -0.356 e. The van der Waals surface area contributed by atoms with Crippen molar-refractivity contribution >= 4 is 45.2 Å². The highest BCUT2D eigenvalue weighted by molar-refractivity contribution is 14.1. The van der Waals surface area contributed by atoms with Crippen LogP contribution in [0.2, 0.25) is 0 Å². The van der Waals surface area contributed by atoms with Gasteiger partial charge in [-0.05, 0) is 60.2 Å². The van der Waals surface area contributed by atoms with Gasteiger partial charge in [-0.1, -0.05) is 198 Å². The molecule has 0 aliphatic carbocycles. The highest BCUT2D eigenvalue weighted by Crippen LogP contribution is 2.16. The molecule has 0 amide bonds. The minimum absolute atomic E-state index is 0.204. The normalized spacial score (nSPS) is 13.4. The monoisotopic (exact) mass is 858 g/mol. The van der Waals surface area contributed by atoms with Crippen LogP contribution in [0.4, 0.5) is 0 Å². The van der Waals surface area contributed by atoms with E-state index in [4.69, 9.17) is 14.2 Å². The first-order valence-corrected chi connectivity index (χ1v) is 22.5. The first kappa shape index (κ1) is 45.8. The SMILES string of the molecule is COC(CCC=CCCCCCCCCCCCCCCI)OC(CCC=CCCCCCCCCCCCCCCI)OC. The number of methoxy groups -OCH3 is 2. The standard InChI is InChI=1S/C40H76I2O3/c1-43-39(35-31-27-23-19-15-11-7-3-5-9-13-17-21-25-29-33-37-41)45-40(44-2)36-32-28-24-20-16-12-8-4-6-10-14-18-22-26-30-34-38-42/h23-24,27-28,39-40H,3-22,25-26,29-38H2,1-2H3. The maximum atomic E-state index is 6.09. The van der Waals surface area contributed by atoms with Crippen molar-refractivity contribution in [2.45, 2.75) is 205 Å². The molecule has 2 unspecified atom stereocenters. The summed E-state index contributed by atoms with van der Waals surface area (Å²) in [6.45, 7) is 0. The number of alkyl halides is 2. The molecule has 0 aromatic rings. The fourth-order valence-electron chi connectivity index (χ4n) is 5.84. The number of hydrogen-bond donors (Lipinski definition) is 0. The van der Waals surface area contributed by atoms with Crippen molar-refractivity contribution in [3.8, 4) is 0 Å². The largest absolute Gasteiger partial charge is 0.356 e. The highest BCUT2D eigenvalue weighted by atomic mass is 127. The van der Waals surface area contributed by atoms with Crippen molar-refractivity contribution in [3.05, 3.63) is 24.3 Å².